The molecule has 2 fully saturated rings. The van der Waals surface area contributed by atoms with E-state index in [1.165, 1.54) is 0 Å². The number of nitrogens with one attached hydrogen (secondary N) is 1. The van der Waals surface area contributed by atoms with Gasteiger partial charge in [0.05, 0.1) is 17.5 Å². The Morgan fingerprint density at radius 3 is 3.04 bits per heavy atom. The molecule has 2 aromatic heterocycles. The molecule has 0 atom stereocenters. The molecular weight excluding hydrogens is 330 g/mol. The molecule has 4 heterocycles. The molecule has 4 rings (SSSR count). The first-order valence-corrected chi connectivity index (χ1v) is 9.77. The van der Waals surface area contributed by atoms with Gasteiger partial charge in [-0.25, -0.2) is 0 Å². The summed E-state index contributed by atoms with van der Waals surface area (Å²) in [6, 6.07) is 2.01. The van der Waals surface area contributed by atoms with Gasteiger partial charge in [-0.3, -0.25) is 9.89 Å². The molecule has 1 spiro atoms. The zero-order chi connectivity index (χ0) is 15.7. The van der Waals surface area contributed by atoms with Crippen molar-refractivity contribution in [3.05, 3.63) is 28.6 Å². The van der Waals surface area contributed by atoms with E-state index in [2.05, 4.69) is 10.2 Å². The normalized spacial score (nSPS) is 20.8. The number of ether oxygens (including phenoxy) is 1. The van der Waals surface area contributed by atoms with Crippen molar-refractivity contribution in [1.29, 1.82) is 0 Å². The van der Waals surface area contributed by atoms with Gasteiger partial charge in [0.25, 0.3) is 5.91 Å². The van der Waals surface area contributed by atoms with E-state index in [0.29, 0.717) is 5.56 Å². The molecule has 122 valence electrons. The maximum atomic E-state index is 13.0. The fraction of sp³-hybridized carbons (Fsp3) is 0.500. The fourth-order valence-corrected chi connectivity index (χ4v) is 5.40. The molecule has 0 radical (unpaired) electrons. The average molecular weight is 349 g/mol. The Morgan fingerprint density at radius 1 is 1.39 bits per heavy atom. The fourth-order valence-electron chi connectivity index (χ4n) is 3.31. The predicted molar refractivity (Wildman–Crippen MR) is 93.0 cm³/mol. The number of aromatic amines is 1. The van der Waals surface area contributed by atoms with Crippen LogP contribution in [0.15, 0.2) is 23.0 Å². The Hall–Kier alpha value is -1.31. The topological polar surface area (TPSA) is 58.2 Å². The van der Waals surface area contributed by atoms with Crippen molar-refractivity contribution in [2.24, 2.45) is 0 Å². The van der Waals surface area contributed by atoms with E-state index in [4.69, 9.17) is 4.74 Å². The molecule has 2 saturated heterocycles. The molecule has 2 aliphatic heterocycles. The quantitative estimate of drug-likeness (QED) is 0.906. The second-order valence-electron chi connectivity index (χ2n) is 6.04. The number of H-pyrrole nitrogens is 1. The third-order valence-electron chi connectivity index (χ3n) is 4.62. The average Bonchev–Trinajstić information content (AvgIpc) is 3.26. The lowest BCUT2D eigenvalue weighted by Gasteiger charge is -2.44. The van der Waals surface area contributed by atoms with Crippen LogP contribution in [0, 0.1) is 0 Å². The number of nitrogens with zero attached hydrogens (tertiary/aromatic N) is 2. The molecule has 1 amide bonds. The highest BCUT2D eigenvalue weighted by atomic mass is 32.2. The maximum absolute atomic E-state index is 13.0. The number of aromatic nitrogens is 2. The summed E-state index contributed by atoms with van der Waals surface area (Å²) in [5.74, 6) is 1.09. The van der Waals surface area contributed by atoms with Crippen LogP contribution in [-0.4, -0.2) is 57.8 Å². The highest BCUT2D eigenvalue weighted by Crippen LogP contribution is 2.39. The van der Waals surface area contributed by atoms with E-state index in [9.17, 15) is 4.79 Å². The molecule has 0 saturated carbocycles. The van der Waals surface area contributed by atoms with Crippen LogP contribution in [0.1, 0.15) is 23.2 Å². The molecule has 1 N–H and O–H groups in total. The smallest absolute Gasteiger partial charge is 0.257 e. The zero-order valence-corrected chi connectivity index (χ0v) is 14.4. The number of carbonyl (C=O) groups excluding carboxylic acids is 1. The van der Waals surface area contributed by atoms with Crippen LogP contribution in [0.5, 0.6) is 0 Å². The summed E-state index contributed by atoms with van der Waals surface area (Å²) < 4.78 is 5.68. The molecule has 2 aliphatic rings. The summed E-state index contributed by atoms with van der Waals surface area (Å²) in [6.45, 7) is 3.23. The Morgan fingerprint density at radius 2 is 2.26 bits per heavy atom. The summed E-state index contributed by atoms with van der Waals surface area (Å²) in [7, 11) is 0. The number of amides is 1. The number of hydrogen-bond donors (Lipinski definition) is 1. The van der Waals surface area contributed by atoms with Gasteiger partial charge in [-0.05, 0) is 24.3 Å². The second kappa shape index (κ2) is 6.30. The first-order chi connectivity index (χ1) is 11.3. The Bertz CT molecular complexity index is 672. The van der Waals surface area contributed by atoms with Gasteiger partial charge in [0.1, 0.15) is 0 Å². The van der Waals surface area contributed by atoms with E-state index in [0.717, 1.165) is 56.2 Å². The van der Waals surface area contributed by atoms with Crippen molar-refractivity contribution in [1.82, 2.24) is 15.1 Å². The van der Waals surface area contributed by atoms with Crippen LogP contribution >= 0.6 is 23.1 Å². The van der Waals surface area contributed by atoms with Gasteiger partial charge in [0, 0.05) is 47.7 Å². The molecule has 0 aromatic carbocycles. The van der Waals surface area contributed by atoms with Gasteiger partial charge in [-0.1, -0.05) is 0 Å². The standard InChI is InChI=1S/C16H19N3O2S2/c20-15(13-9-17-18-14(13)12-1-7-22-10-12)19-4-8-23-16(11-19)2-5-21-6-3-16/h1,7,9-10H,2-6,8,11H2,(H,17,18). The van der Waals surface area contributed by atoms with Gasteiger partial charge in [0.2, 0.25) is 0 Å². The van der Waals surface area contributed by atoms with Crippen LogP contribution in [0.4, 0.5) is 0 Å². The number of thiophene rings is 1. The lowest BCUT2D eigenvalue weighted by Crippen LogP contribution is -2.51. The van der Waals surface area contributed by atoms with Crippen LogP contribution < -0.4 is 0 Å². The van der Waals surface area contributed by atoms with Crippen molar-refractivity contribution < 1.29 is 9.53 Å². The minimum atomic E-state index is 0.0890. The van der Waals surface area contributed by atoms with Crippen molar-refractivity contribution in [2.75, 3.05) is 32.1 Å². The second-order valence-corrected chi connectivity index (χ2v) is 8.38. The molecule has 0 unspecified atom stereocenters. The van der Waals surface area contributed by atoms with E-state index in [1.54, 1.807) is 17.5 Å². The number of carbonyl (C=O) groups is 1. The minimum absolute atomic E-state index is 0.0890. The summed E-state index contributed by atoms with van der Waals surface area (Å²) in [5, 5.41) is 11.1. The van der Waals surface area contributed by atoms with Crippen molar-refractivity contribution in [3.8, 4) is 11.3 Å². The lowest BCUT2D eigenvalue weighted by molar-refractivity contribution is 0.0536. The molecule has 5 nitrogen and oxygen atoms in total. The van der Waals surface area contributed by atoms with E-state index in [1.807, 2.05) is 33.5 Å². The number of rotatable bonds is 2. The Labute approximate surface area is 143 Å². The molecule has 7 heteroatoms. The number of thioether (sulfide) groups is 1. The summed E-state index contributed by atoms with van der Waals surface area (Å²) in [6.07, 6.45) is 3.72. The largest absolute Gasteiger partial charge is 0.381 e. The van der Waals surface area contributed by atoms with Crippen molar-refractivity contribution in [3.63, 3.8) is 0 Å². The van der Waals surface area contributed by atoms with E-state index in [-0.39, 0.29) is 10.7 Å². The monoisotopic (exact) mass is 349 g/mol. The lowest BCUT2D eigenvalue weighted by atomic mass is 9.97. The van der Waals surface area contributed by atoms with Gasteiger partial charge in [-0.15, -0.1) is 0 Å². The minimum Gasteiger partial charge on any atom is -0.381 e. The van der Waals surface area contributed by atoms with Crippen LogP contribution in [0.3, 0.4) is 0 Å². The Kier molecular flexibility index (Phi) is 4.17. The molecule has 0 aliphatic carbocycles. The van der Waals surface area contributed by atoms with Crippen molar-refractivity contribution in [2.45, 2.75) is 17.6 Å². The SMILES string of the molecule is O=C(c1cn[nH]c1-c1ccsc1)N1CCSC2(CCOCC2)C1. The molecule has 0 bridgehead atoms. The van der Waals surface area contributed by atoms with Crippen LogP contribution in [0.2, 0.25) is 0 Å². The maximum Gasteiger partial charge on any atom is 0.257 e. The zero-order valence-electron chi connectivity index (χ0n) is 12.8. The summed E-state index contributed by atoms with van der Waals surface area (Å²) in [4.78, 5) is 15.0. The van der Waals surface area contributed by atoms with E-state index >= 15 is 0 Å². The van der Waals surface area contributed by atoms with Gasteiger partial charge >= 0.3 is 0 Å². The van der Waals surface area contributed by atoms with Gasteiger partial charge in [0.15, 0.2) is 0 Å². The third-order valence-corrected chi connectivity index (χ3v) is 6.84. The van der Waals surface area contributed by atoms with E-state index < -0.39 is 0 Å². The summed E-state index contributed by atoms with van der Waals surface area (Å²) >= 11 is 3.63. The highest BCUT2D eigenvalue weighted by molar-refractivity contribution is 8.00. The third kappa shape index (κ3) is 2.93. The first kappa shape index (κ1) is 15.2. The van der Waals surface area contributed by atoms with Crippen LogP contribution in [-0.2, 0) is 4.74 Å². The molecule has 23 heavy (non-hydrogen) atoms. The number of hydrogen-bond acceptors (Lipinski definition) is 5. The molecular formula is C16H19N3O2S2. The van der Waals surface area contributed by atoms with Crippen LogP contribution in [0.25, 0.3) is 11.3 Å². The predicted octanol–water partition coefficient (Wildman–Crippen LogP) is 2.88. The Balaban J connectivity index is 1.56. The van der Waals surface area contributed by atoms with Gasteiger partial charge in [-0.2, -0.15) is 28.2 Å². The molecule has 2 aromatic rings. The van der Waals surface area contributed by atoms with Crippen molar-refractivity contribution >= 4 is 29.0 Å². The van der Waals surface area contributed by atoms with Gasteiger partial charge < -0.3 is 9.64 Å². The first-order valence-electron chi connectivity index (χ1n) is 7.84. The summed E-state index contributed by atoms with van der Waals surface area (Å²) in [5.41, 5.74) is 2.54. The highest BCUT2D eigenvalue weighted by Gasteiger charge is 2.39.